The zero-order valence-corrected chi connectivity index (χ0v) is 24.4. The third-order valence-electron chi connectivity index (χ3n) is 8.76. The molecule has 1 unspecified atom stereocenters. The molecule has 218 valence electrons. The summed E-state index contributed by atoms with van der Waals surface area (Å²) in [5, 5.41) is 3.54. The summed E-state index contributed by atoms with van der Waals surface area (Å²) in [6.07, 6.45) is 14.5. The van der Waals surface area contributed by atoms with E-state index < -0.39 is 46.1 Å². The molecule has 0 aromatic rings. The lowest BCUT2D eigenvalue weighted by molar-refractivity contribution is -0.0514. The second-order valence-corrected chi connectivity index (χ2v) is 18.3. The zero-order chi connectivity index (χ0) is 27.5. The Morgan fingerprint density at radius 2 is 1.11 bits per heavy atom. The van der Waals surface area contributed by atoms with Gasteiger partial charge in [0.25, 0.3) is 0 Å². The molecular weight excluding hydrogens is 557 g/mol. The van der Waals surface area contributed by atoms with Crippen LogP contribution in [-0.2, 0) is 10.0 Å². The molecule has 0 spiro atoms. The maximum Gasteiger partial charge on any atom is 0.512 e. The lowest BCUT2D eigenvalue weighted by Crippen LogP contribution is -2.61. The molecule has 1 N–H and O–H groups in total. The van der Waals surface area contributed by atoms with Crippen LogP contribution in [0.2, 0.25) is 0 Å². The minimum atomic E-state index is -6.27. The Bertz CT molecular complexity index is 794. The first kappa shape index (κ1) is 31.8. The predicted molar refractivity (Wildman–Crippen MR) is 140 cm³/mol. The third kappa shape index (κ3) is 7.12. The molecule has 3 rings (SSSR count). The summed E-state index contributed by atoms with van der Waals surface area (Å²) in [6.45, 7) is 2.73. The van der Waals surface area contributed by atoms with Gasteiger partial charge in [-0.2, -0.15) is 31.4 Å². The highest BCUT2D eigenvalue weighted by Gasteiger charge is 2.65. The SMILES string of the molecule is CCC(C)(N[P+](C1CCCCC1)(C1CCCCC1)C1CCCCC1)N(SC(F)(F)F)S(=O)(=O)C(F)(F)F. The van der Waals surface area contributed by atoms with Crippen LogP contribution < -0.4 is 5.09 Å². The van der Waals surface area contributed by atoms with Gasteiger partial charge in [-0.05, 0) is 90.4 Å². The fourth-order valence-electron chi connectivity index (χ4n) is 6.96. The summed E-state index contributed by atoms with van der Waals surface area (Å²) in [5.41, 5.74) is -12.5. The summed E-state index contributed by atoms with van der Waals surface area (Å²) in [6, 6.07) is 0. The maximum atomic E-state index is 13.8. The van der Waals surface area contributed by atoms with Gasteiger partial charge in [-0.3, -0.25) is 0 Å². The van der Waals surface area contributed by atoms with E-state index in [1.165, 1.54) is 13.8 Å². The molecule has 0 radical (unpaired) electrons. The average molecular weight is 600 g/mol. The van der Waals surface area contributed by atoms with Crippen molar-refractivity contribution in [1.29, 1.82) is 0 Å². The molecule has 0 amide bonds. The summed E-state index contributed by atoms with van der Waals surface area (Å²) >= 11 is -1.17. The van der Waals surface area contributed by atoms with Gasteiger partial charge < -0.3 is 0 Å². The molecule has 1 atom stereocenters. The number of hydrogen-bond donors (Lipinski definition) is 1. The van der Waals surface area contributed by atoms with Gasteiger partial charge in [-0.1, -0.05) is 26.2 Å². The standard InChI is InChI=1S/C24H42F6N2O2PS2/c1-3-22(2,32(36-23(25,26)27)37(33,34)24(28,29)30)31-35(19-13-7-4-8-14-19,20-15-9-5-10-16-20)21-17-11-6-12-18-21/h19-21,31H,3-18H2,1-2H3/q+1. The Labute approximate surface area is 223 Å². The normalized spacial score (nSPS) is 24.4. The first-order valence-electron chi connectivity index (χ1n) is 13.7. The molecule has 0 aromatic heterocycles. The van der Waals surface area contributed by atoms with E-state index in [0.717, 1.165) is 96.3 Å². The van der Waals surface area contributed by atoms with Crippen LogP contribution in [0.4, 0.5) is 26.3 Å². The molecule has 0 bridgehead atoms. The van der Waals surface area contributed by atoms with Crippen LogP contribution in [0.25, 0.3) is 0 Å². The highest BCUT2D eigenvalue weighted by molar-refractivity contribution is 8.09. The van der Waals surface area contributed by atoms with E-state index in [1.807, 2.05) is 0 Å². The van der Waals surface area contributed by atoms with E-state index >= 15 is 0 Å². The molecular formula is C24H42F6N2O2PS2+. The Balaban J connectivity index is 2.18. The van der Waals surface area contributed by atoms with Gasteiger partial charge >= 0.3 is 21.0 Å². The van der Waals surface area contributed by atoms with E-state index in [0.29, 0.717) is 0 Å². The zero-order valence-electron chi connectivity index (χ0n) is 21.8. The van der Waals surface area contributed by atoms with Crippen molar-refractivity contribution in [1.82, 2.24) is 8.80 Å². The van der Waals surface area contributed by atoms with Crippen LogP contribution in [0.1, 0.15) is 117 Å². The maximum absolute atomic E-state index is 13.8. The Morgan fingerprint density at radius 1 is 0.757 bits per heavy atom. The fourth-order valence-corrected chi connectivity index (χ4v) is 16.5. The average Bonchev–Trinajstić information content (AvgIpc) is 2.86. The molecule has 3 fully saturated rings. The largest absolute Gasteiger partial charge is 0.512 e. The highest BCUT2D eigenvalue weighted by atomic mass is 32.3. The van der Waals surface area contributed by atoms with E-state index in [4.69, 9.17) is 0 Å². The topological polar surface area (TPSA) is 49.4 Å². The van der Waals surface area contributed by atoms with Crippen molar-refractivity contribution >= 4 is 29.4 Å². The van der Waals surface area contributed by atoms with Gasteiger partial charge in [0.05, 0.1) is 36.3 Å². The summed E-state index contributed by atoms with van der Waals surface area (Å²) in [5.74, 6) is 0. The van der Waals surface area contributed by atoms with Crippen LogP contribution >= 0.6 is 19.4 Å². The highest BCUT2D eigenvalue weighted by Crippen LogP contribution is 2.75. The summed E-state index contributed by atoms with van der Waals surface area (Å²) < 4.78 is 107. The van der Waals surface area contributed by atoms with Crippen molar-refractivity contribution in [2.75, 3.05) is 0 Å². The number of alkyl halides is 6. The van der Waals surface area contributed by atoms with Crippen molar-refractivity contribution < 1.29 is 34.8 Å². The molecule has 3 aliphatic rings. The number of halogens is 6. The Morgan fingerprint density at radius 3 is 1.38 bits per heavy atom. The van der Waals surface area contributed by atoms with Crippen LogP contribution in [0.5, 0.6) is 0 Å². The minimum absolute atomic E-state index is 0.199. The van der Waals surface area contributed by atoms with Crippen molar-refractivity contribution in [2.24, 2.45) is 0 Å². The lowest BCUT2D eigenvalue weighted by atomic mass is 9.99. The number of nitrogens with zero attached hydrogens (tertiary/aromatic N) is 1. The Kier molecular flexibility index (Phi) is 10.6. The van der Waals surface area contributed by atoms with Crippen LogP contribution in [0.15, 0.2) is 0 Å². The number of nitrogens with one attached hydrogen (secondary N) is 1. The van der Waals surface area contributed by atoms with E-state index in [2.05, 4.69) is 5.09 Å². The first-order valence-corrected chi connectivity index (χ1v) is 17.9. The second kappa shape index (κ2) is 12.4. The first-order chi connectivity index (χ1) is 17.2. The molecule has 13 heteroatoms. The van der Waals surface area contributed by atoms with Crippen molar-refractivity contribution in [2.45, 2.75) is 150 Å². The Hall–Kier alpha value is 0.230. The monoisotopic (exact) mass is 599 g/mol. The molecule has 3 saturated carbocycles. The van der Waals surface area contributed by atoms with Gasteiger partial charge in [-0.15, -0.1) is 3.71 Å². The quantitative estimate of drug-likeness (QED) is 0.124. The van der Waals surface area contributed by atoms with Gasteiger partial charge in [-0.25, -0.2) is 8.42 Å². The van der Waals surface area contributed by atoms with Gasteiger partial charge in [0.15, 0.2) is 0 Å². The van der Waals surface area contributed by atoms with E-state index in [9.17, 15) is 34.8 Å². The summed E-state index contributed by atoms with van der Waals surface area (Å²) in [4.78, 5) is 0. The number of sulfonamides is 1. The molecule has 0 heterocycles. The number of rotatable bonds is 9. The third-order valence-corrected chi connectivity index (χ3v) is 17.8. The molecule has 0 aromatic carbocycles. The minimum Gasteiger partial charge on any atom is -0.202 e. The predicted octanol–water partition coefficient (Wildman–Crippen LogP) is 8.95. The number of hydrogen-bond acceptors (Lipinski definition) is 4. The van der Waals surface area contributed by atoms with Crippen LogP contribution in [-0.4, -0.2) is 45.8 Å². The molecule has 3 aliphatic carbocycles. The smallest absolute Gasteiger partial charge is 0.202 e. The van der Waals surface area contributed by atoms with Gasteiger partial charge in [0.2, 0.25) is 0 Å². The van der Waals surface area contributed by atoms with Crippen molar-refractivity contribution in [3.63, 3.8) is 0 Å². The molecule has 37 heavy (non-hydrogen) atoms. The molecule has 0 saturated heterocycles. The van der Waals surface area contributed by atoms with Crippen molar-refractivity contribution in [3.05, 3.63) is 0 Å². The van der Waals surface area contributed by atoms with Gasteiger partial charge in [0.1, 0.15) is 5.66 Å². The van der Waals surface area contributed by atoms with Crippen LogP contribution in [0, 0.1) is 0 Å². The second-order valence-electron chi connectivity index (χ2n) is 11.2. The van der Waals surface area contributed by atoms with E-state index in [-0.39, 0.29) is 27.1 Å². The summed E-state index contributed by atoms with van der Waals surface area (Å²) in [7, 11) is -8.68. The van der Waals surface area contributed by atoms with Gasteiger partial charge in [0, 0.05) is 0 Å². The molecule has 4 nitrogen and oxygen atoms in total. The fraction of sp³-hybridized carbons (Fsp3) is 1.00. The molecule has 0 aliphatic heterocycles. The van der Waals surface area contributed by atoms with E-state index in [1.54, 1.807) is 0 Å². The van der Waals surface area contributed by atoms with Crippen molar-refractivity contribution in [3.8, 4) is 0 Å². The van der Waals surface area contributed by atoms with Crippen LogP contribution in [0.3, 0.4) is 0 Å². The lowest BCUT2D eigenvalue weighted by Gasteiger charge is -2.53.